The molecule has 5 rings (SSSR count). The third-order valence-electron chi connectivity index (χ3n) is 12.1. The number of aliphatic imine (C=N–C) groups is 2. The highest BCUT2D eigenvalue weighted by Gasteiger charge is 2.35. The number of fused-ring (bicyclic) bond motifs is 1. The fourth-order valence-electron chi connectivity index (χ4n) is 8.05. The van der Waals surface area contributed by atoms with Crippen molar-refractivity contribution < 1.29 is 43.2 Å². The van der Waals surface area contributed by atoms with E-state index >= 15 is 0 Å². The molecule has 2 aromatic heterocycles. The summed E-state index contributed by atoms with van der Waals surface area (Å²) in [6, 6.07) is 5.16. The van der Waals surface area contributed by atoms with Crippen molar-refractivity contribution >= 4 is 97.6 Å². The van der Waals surface area contributed by atoms with Gasteiger partial charge >= 0.3 is 0 Å². The Hall–Kier alpha value is -8.34. The maximum absolute atomic E-state index is 14.6. The van der Waals surface area contributed by atoms with Gasteiger partial charge in [-0.2, -0.15) is 0 Å². The number of guanidine groups is 2. The van der Waals surface area contributed by atoms with Gasteiger partial charge in [0.2, 0.25) is 53.2 Å². The summed E-state index contributed by atoms with van der Waals surface area (Å²) in [5.74, 6) is -7.96. The normalized spacial score (nSPS) is 21.7. The quantitative estimate of drug-likeness (QED) is 0.0202. The van der Waals surface area contributed by atoms with Crippen molar-refractivity contribution in [2.45, 2.75) is 107 Å². The Bertz CT molecular complexity index is 2770. The highest BCUT2D eigenvalue weighted by Crippen LogP contribution is 2.24. The van der Waals surface area contributed by atoms with Gasteiger partial charge in [0.15, 0.2) is 11.9 Å². The number of aromatic amines is 2. The molecule has 0 saturated carbocycles. The number of H-pyrrole nitrogens is 2. The lowest BCUT2D eigenvalue weighted by Crippen LogP contribution is -2.61. The van der Waals surface area contributed by atoms with E-state index in [0.717, 1.165) is 32.5 Å². The number of nitrogens with zero attached hydrogens (tertiary/aromatic N) is 3. The number of nitrogens with two attached hydrogens (primary N) is 5. The molecule has 8 atom stereocenters. The topological polar surface area (TPSA) is 449 Å². The first-order valence-electron chi connectivity index (χ1n) is 24.9. The van der Waals surface area contributed by atoms with Crippen LogP contribution in [-0.4, -0.2) is 153 Å². The van der Waals surface area contributed by atoms with Crippen molar-refractivity contribution in [3.8, 4) is 0 Å². The zero-order valence-corrected chi connectivity index (χ0v) is 44.7. The van der Waals surface area contributed by atoms with Crippen molar-refractivity contribution in [2.24, 2.45) is 38.7 Å². The molecule has 3 heterocycles. The molecule has 0 aliphatic carbocycles. The first-order valence-corrected chi connectivity index (χ1v) is 27.4. The zero-order valence-electron chi connectivity index (χ0n) is 43.0. The second kappa shape index (κ2) is 30.4. The van der Waals surface area contributed by atoms with Crippen LogP contribution < -0.4 is 71.2 Å². The molecule has 29 heteroatoms. The Labute approximate surface area is 457 Å². The first-order chi connectivity index (χ1) is 37.3. The standard InChI is InChI=1S/C49H68N18O9S2/c1-26-41(70)63-37(20-30-22-55-25-59-30)46(75)64-35(18-28-10-4-3-5-11-28)44(73)62-34(15-9-17-57-49(53)54)43(72)65-36(19-29-21-58-32-13-7-6-12-31(29)32)45(74)66-38(40(50)69)23-77-78-24-39(47(76)60-26)67-42(71)33(61-27(2)68)14-8-16-56-48(51)52/h3-7,10-13,21-22,25-26,33-39,58H,8-9,14-20,23-24H2,1-2H3,(H2,50,69)(H,55,59)(H,60,76)(H,61,68)(H,62,73)(H,63,70)(H,64,75)(H,65,72)(H,66,74)(H,67,71)(H4,51,52,56)(H4,53,54,57)/t26-,33+,34?,35-,36+,37?,38+,39?/m1/s1. The van der Waals surface area contributed by atoms with Gasteiger partial charge in [0.1, 0.15) is 48.3 Å². The third-order valence-corrected chi connectivity index (χ3v) is 14.5. The summed E-state index contributed by atoms with van der Waals surface area (Å²) in [5.41, 5.74) is 30.3. The predicted octanol–water partition coefficient (Wildman–Crippen LogP) is -3.18. The van der Waals surface area contributed by atoms with Gasteiger partial charge in [-0.1, -0.05) is 70.1 Å². The molecule has 2 aromatic carbocycles. The minimum Gasteiger partial charge on any atom is -0.370 e. The minimum absolute atomic E-state index is 0.0573. The summed E-state index contributed by atoms with van der Waals surface area (Å²) in [6.45, 7) is 2.74. The van der Waals surface area contributed by atoms with Crippen molar-refractivity contribution in [1.82, 2.24) is 57.5 Å². The molecule has 20 N–H and O–H groups in total. The molecule has 1 saturated heterocycles. The monoisotopic (exact) mass is 1120 g/mol. The lowest BCUT2D eigenvalue weighted by molar-refractivity contribution is -0.135. The molecule has 1 aliphatic heterocycles. The summed E-state index contributed by atoms with van der Waals surface area (Å²) in [7, 11) is 2.02. The van der Waals surface area contributed by atoms with Crippen LogP contribution in [0.1, 0.15) is 56.4 Å². The Kier molecular flexibility index (Phi) is 23.6. The van der Waals surface area contributed by atoms with Gasteiger partial charge in [0.05, 0.1) is 6.33 Å². The number of benzene rings is 2. The Morgan fingerprint density at radius 2 is 1.27 bits per heavy atom. The van der Waals surface area contributed by atoms with Gasteiger partial charge in [0.25, 0.3) is 0 Å². The number of aromatic nitrogens is 3. The van der Waals surface area contributed by atoms with E-state index in [9.17, 15) is 43.2 Å². The number of carbonyl (C=O) groups excluding carboxylic acids is 9. The van der Waals surface area contributed by atoms with Crippen molar-refractivity contribution in [3.63, 3.8) is 0 Å². The molecule has 0 radical (unpaired) electrons. The summed E-state index contributed by atoms with van der Waals surface area (Å²) in [4.78, 5) is 144. The average molecular weight is 1120 g/mol. The minimum atomic E-state index is -1.40. The summed E-state index contributed by atoms with van der Waals surface area (Å²) in [6.07, 6.45) is 4.53. The fourth-order valence-corrected chi connectivity index (χ4v) is 10.4. The SMILES string of the molecule is CC(=O)N[C@@H](CCCN=C(N)N)C(=O)NC1CSSC[C@@H](C(N)=O)NC(=O)[C@H](Cc2c[nH]c3ccccc23)NC(=O)C(CCCN=C(N)N)NC(=O)[C@@H](Cc2ccccc2)NC(=O)C(Cc2cnc[nH]2)NC(=O)[C@@H](C)NC1=O. The highest BCUT2D eigenvalue weighted by atomic mass is 33.1. The molecule has 0 spiro atoms. The average Bonchev–Trinajstić information content (AvgIpc) is 4.10. The molecule has 420 valence electrons. The Morgan fingerprint density at radius 1 is 0.679 bits per heavy atom. The number of amides is 9. The van der Waals surface area contributed by atoms with Gasteiger partial charge in [-0.3, -0.25) is 53.1 Å². The first kappa shape index (κ1) is 60.5. The number of carbonyl (C=O) groups is 9. The van der Waals surface area contributed by atoms with Gasteiger partial charge in [-0.05, 0) is 49.8 Å². The highest BCUT2D eigenvalue weighted by molar-refractivity contribution is 8.76. The summed E-state index contributed by atoms with van der Waals surface area (Å²) >= 11 is 0. The van der Waals surface area contributed by atoms with Crippen LogP contribution in [0.3, 0.4) is 0 Å². The number of hydrogen-bond donors (Lipinski definition) is 15. The van der Waals surface area contributed by atoms with Gasteiger partial charge < -0.3 is 81.2 Å². The Morgan fingerprint density at radius 3 is 1.92 bits per heavy atom. The van der Waals surface area contributed by atoms with E-state index in [1.54, 1.807) is 42.6 Å². The van der Waals surface area contributed by atoms with E-state index in [-0.39, 0.29) is 81.5 Å². The number of nitrogens with one attached hydrogen (secondary N) is 10. The zero-order chi connectivity index (χ0) is 56.7. The largest absolute Gasteiger partial charge is 0.370 e. The van der Waals surface area contributed by atoms with Crippen LogP contribution in [-0.2, 0) is 62.4 Å². The van der Waals surface area contributed by atoms with E-state index in [0.29, 0.717) is 16.8 Å². The lowest BCUT2D eigenvalue weighted by atomic mass is 10.0. The maximum atomic E-state index is 14.6. The van der Waals surface area contributed by atoms with Crippen LogP contribution in [0.25, 0.3) is 10.9 Å². The van der Waals surface area contributed by atoms with E-state index < -0.39 is 101 Å². The molecule has 9 amide bonds. The number of imidazole rings is 1. The van der Waals surface area contributed by atoms with E-state index in [2.05, 4.69) is 67.5 Å². The molecular formula is C49H68N18O9S2. The molecule has 78 heavy (non-hydrogen) atoms. The second-order valence-corrected chi connectivity index (χ2v) is 20.8. The number of rotatable bonds is 18. The number of primary amides is 1. The third kappa shape index (κ3) is 19.7. The van der Waals surface area contributed by atoms with Crippen LogP contribution in [0.15, 0.2) is 83.3 Å². The lowest BCUT2D eigenvalue weighted by Gasteiger charge is -2.27. The predicted molar refractivity (Wildman–Crippen MR) is 295 cm³/mol. The van der Waals surface area contributed by atoms with Crippen LogP contribution in [0.4, 0.5) is 0 Å². The smallest absolute Gasteiger partial charge is 0.244 e. The number of para-hydroxylation sites is 1. The summed E-state index contributed by atoms with van der Waals surface area (Å²) < 4.78 is 0. The van der Waals surface area contributed by atoms with Gasteiger partial charge in [-0.15, -0.1) is 0 Å². The van der Waals surface area contributed by atoms with E-state index in [1.165, 1.54) is 26.4 Å². The molecular weight excluding hydrogens is 1050 g/mol. The molecule has 4 aromatic rings. The Balaban J connectivity index is 1.55. The van der Waals surface area contributed by atoms with Crippen LogP contribution in [0.2, 0.25) is 0 Å². The number of hydrogen-bond acceptors (Lipinski definition) is 14. The molecule has 1 aliphatic rings. The maximum Gasteiger partial charge on any atom is 0.244 e. The molecule has 0 bridgehead atoms. The van der Waals surface area contributed by atoms with Crippen LogP contribution in [0, 0.1) is 0 Å². The van der Waals surface area contributed by atoms with Gasteiger partial charge in [-0.25, -0.2) is 4.98 Å². The van der Waals surface area contributed by atoms with Crippen LogP contribution >= 0.6 is 21.6 Å². The molecule has 27 nitrogen and oxygen atoms in total. The van der Waals surface area contributed by atoms with E-state index in [4.69, 9.17) is 28.7 Å². The molecule has 3 unspecified atom stereocenters. The second-order valence-electron chi connectivity index (χ2n) is 18.3. The van der Waals surface area contributed by atoms with Crippen molar-refractivity contribution in [3.05, 3.63) is 90.1 Å². The van der Waals surface area contributed by atoms with Gasteiger partial charge in [0, 0.05) is 79.8 Å². The van der Waals surface area contributed by atoms with Crippen molar-refractivity contribution in [1.29, 1.82) is 0 Å². The van der Waals surface area contributed by atoms with Crippen molar-refractivity contribution in [2.75, 3.05) is 24.6 Å². The van der Waals surface area contributed by atoms with Crippen LogP contribution in [0.5, 0.6) is 0 Å². The fraction of sp³-hybridized carbons (Fsp3) is 0.429. The van der Waals surface area contributed by atoms with E-state index in [1.807, 2.05) is 18.2 Å². The summed E-state index contributed by atoms with van der Waals surface area (Å²) in [5, 5.41) is 22.1. The molecule has 1 fully saturated rings.